The fraction of sp³-hybridized carbons (Fsp3) is 0.778. The van der Waals surface area contributed by atoms with E-state index in [1.54, 1.807) is 6.92 Å². The van der Waals surface area contributed by atoms with Crippen molar-refractivity contribution in [3.05, 3.63) is 0 Å². The highest BCUT2D eigenvalue weighted by molar-refractivity contribution is 5.80. The summed E-state index contributed by atoms with van der Waals surface area (Å²) in [7, 11) is 0. The lowest BCUT2D eigenvalue weighted by Crippen LogP contribution is -2.11. The molecule has 0 aromatic heterocycles. The van der Waals surface area contributed by atoms with Gasteiger partial charge in [-0.1, -0.05) is 6.92 Å². The van der Waals surface area contributed by atoms with Gasteiger partial charge in [0.2, 0.25) is 0 Å². The molecule has 0 atom stereocenters. The molecule has 0 saturated heterocycles. The van der Waals surface area contributed by atoms with E-state index in [0.29, 0.717) is 25.5 Å². The Labute approximate surface area is 78.9 Å². The van der Waals surface area contributed by atoms with Gasteiger partial charge in [-0.25, -0.2) is 4.99 Å². The van der Waals surface area contributed by atoms with Gasteiger partial charge in [-0.15, -0.1) is 0 Å². The molecule has 0 heterocycles. The molecule has 13 heavy (non-hydrogen) atoms. The van der Waals surface area contributed by atoms with Gasteiger partial charge in [0.15, 0.2) is 5.90 Å². The molecule has 0 aliphatic rings. The molecule has 0 amide bonds. The number of ether oxygens (including phenoxy) is 2. The van der Waals surface area contributed by atoms with Crippen LogP contribution < -0.4 is 0 Å². The molecular formula is C9H17NO3. The second kappa shape index (κ2) is 7.58. The number of nitrogens with zero attached hydrogens (tertiary/aromatic N) is 1. The van der Waals surface area contributed by atoms with Crippen LogP contribution in [0.3, 0.4) is 0 Å². The van der Waals surface area contributed by atoms with Crippen molar-refractivity contribution in [3.8, 4) is 0 Å². The van der Waals surface area contributed by atoms with E-state index >= 15 is 0 Å². The lowest BCUT2D eigenvalue weighted by Gasteiger charge is -2.04. The summed E-state index contributed by atoms with van der Waals surface area (Å²) in [6, 6.07) is 0. The normalized spacial score (nSPS) is 11.2. The van der Waals surface area contributed by atoms with Crippen LogP contribution in [0.1, 0.15) is 27.2 Å². The Morgan fingerprint density at radius 1 is 1.15 bits per heavy atom. The van der Waals surface area contributed by atoms with Gasteiger partial charge in [-0.3, -0.25) is 4.79 Å². The van der Waals surface area contributed by atoms with Gasteiger partial charge in [0.05, 0.1) is 13.2 Å². The van der Waals surface area contributed by atoms with Crippen molar-refractivity contribution in [2.24, 2.45) is 4.99 Å². The molecule has 4 nitrogen and oxygen atoms in total. The fourth-order valence-corrected chi connectivity index (χ4v) is 0.785. The third kappa shape index (κ3) is 6.13. The maximum absolute atomic E-state index is 10.9. The van der Waals surface area contributed by atoms with E-state index < -0.39 is 0 Å². The summed E-state index contributed by atoms with van der Waals surface area (Å²) in [6.45, 7) is 6.61. The summed E-state index contributed by atoms with van der Waals surface area (Å²) in [5.74, 6) is 0.295. The van der Waals surface area contributed by atoms with E-state index in [2.05, 4.69) is 4.99 Å². The Kier molecular flexibility index (Phi) is 6.96. The maximum Gasteiger partial charge on any atom is 0.327 e. The van der Waals surface area contributed by atoms with Crippen LogP contribution in [0.15, 0.2) is 4.99 Å². The van der Waals surface area contributed by atoms with Crippen LogP contribution >= 0.6 is 0 Å². The highest BCUT2D eigenvalue weighted by Gasteiger charge is 2.01. The van der Waals surface area contributed by atoms with Crippen molar-refractivity contribution in [1.29, 1.82) is 0 Å². The van der Waals surface area contributed by atoms with E-state index in [1.165, 1.54) is 0 Å². The van der Waals surface area contributed by atoms with Crippen LogP contribution in [0.2, 0.25) is 0 Å². The Hall–Kier alpha value is -1.06. The highest BCUT2D eigenvalue weighted by atomic mass is 16.5. The molecule has 0 spiro atoms. The van der Waals surface area contributed by atoms with Crippen molar-refractivity contribution < 1.29 is 14.3 Å². The second-order valence-electron chi connectivity index (χ2n) is 2.30. The predicted molar refractivity (Wildman–Crippen MR) is 50.9 cm³/mol. The Bertz CT molecular complexity index is 178. The topological polar surface area (TPSA) is 47.9 Å². The molecule has 0 aromatic carbocycles. The number of carbonyl (C=O) groups is 1. The number of rotatable bonds is 5. The SMILES string of the molecule is CCOC(=O)CN=C(CC)OCC. The summed E-state index contributed by atoms with van der Waals surface area (Å²) in [6.07, 6.45) is 0.702. The minimum absolute atomic E-state index is 0.0526. The smallest absolute Gasteiger partial charge is 0.327 e. The Morgan fingerprint density at radius 2 is 1.77 bits per heavy atom. The minimum atomic E-state index is -0.312. The van der Waals surface area contributed by atoms with Gasteiger partial charge in [0.1, 0.15) is 6.54 Å². The van der Waals surface area contributed by atoms with Crippen molar-refractivity contribution in [3.63, 3.8) is 0 Å². The van der Waals surface area contributed by atoms with Gasteiger partial charge < -0.3 is 9.47 Å². The van der Waals surface area contributed by atoms with Gasteiger partial charge in [0.25, 0.3) is 0 Å². The van der Waals surface area contributed by atoms with Gasteiger partial charge in [0, 0.05) is 6.42 Å². The zero-order valence-corrected chi connectivity index (χ0v) is 8.50. The van der Waals surface area contributed by atoms with Crippen LogP contribution in [-0.4, -0.2) is 31.6 Å². The van der Waals surface area contributed by atoms with Crippen molar-refractivity contribution >= 4 is 11.9 Å². The zero-order valence-electron chi connectivity index (χ0n) is 8.50. The van der Waals surface area contributed by atoms with Crippen LogP contribution in [0.25, 0.3) is 0 Å². The molecule has 0 aromatic rings. The van der Waals surface area contributed by atoms with E-state index in [-0.39, 0.29) is 12.5 Å². The summed E-state index contributed by atoms with van der Waals surface area (Å²) >= 11 is 0. The second-order valence-corrected chi connectivity index (χ2v) is 2.30. The number of hydrogen-bond donors (Lipinski definition) is 0. The molecule has 0 rings (SSSR count). The summed E-state index contributed by atoms with van der Waals surface area (Å²) < 4.78 is 9.88. The molecule has 0 saturated carbocycles. The van der Waals surface area contributed by atoms with E-state index in [1.807, 2.05) is 13.8 Å². The van der Waals surface area contributed by atoms with E-state index in [4.69, 9.17) is 9.47 Å². The lowest BCUT2D eigenvalue weighted by atomic mass is 10.5. The third-order valence-corrected chi connectivity index (χ3v) is 1.30. The van der Waals surface area contributed by atoms with Crippen LogP contribution in [0.5, 0.6) is 0 Å². The van der Waals surface area contributed by atoms with Gasteiger partial charge in [-0.2, -0.15) is 0 Å². The zero-order chi connectivity index (χ0) is 10.1. The average molecular weight is 187 g/mol. The van der Waals surface area contributed by atoms with Crippen LogP contribution in [0.4, 0.5) is 0 Å². The molecule has 4 heteroatoms. The first kappa shape index (κ1) is 11.9. The maximum atomic E-state index is 10.9. The standard InChI is InChI=1S/C9H17NO3/c1-4-8(12-5-2)10-7-9(11)13-6-3/h4-7H2,1-3H3. The molecule has 0 aliphatic heterocycles. The first-order valence-corrected chi connectivity index (χ1v) is 4.56. The molecule has 0 N–H and O–H groups in total. The van der Waals surface area contributed by atoms with Crippen LogP contribution in [-0.2, 0) is 14.3 Å². The Morgan fingerprint density at radius 3 is 2.23 bits per heavy atom. The first-order chi connectivity index (χ1) is 6.24. The molecule has 0 aliphatic carbocycles. The summed E-state index contributed by atoms with van der Waals surface area (Å²) in [5, 5.41) is 0. The molecule has 0 unspecified atom stereocenters. The number of esters is 1. The van der Waals surface area contributed by atoms with Gasteiger partial charge in [-0.05, 0) is 13.8 Å². The van der Waals surface area contributed by atoms with Crippen LogP contribution in [0, 0.1) is 0 Å². The molecule has 0 bridgehead atoms. The predicted octanol–water partition coefficient (Wildman–Crippen LogP) is 1.39. The third-order valence-electron chi connectivity index (χ3n) is 1.30. The highest BCUT2D eigenvalue weighted by Crippen LogP contribution is 1.90. The van der Waals surface area contributed by atoms with Crippen molar-refractivity contribution in [2.45, 2.75) is 27.2 Å². The minimum Gasteiger partial charge on any atom is -0.481 e. The number of hydrogen-bond acceptors (Lipinski definition) is 4. The van der Waals surface area contributed by atoms with Crippen molar-refractivity contribution in [2.75, 3.05) is 19.8 Å². The fourth-order valence-electron chi connectivity index (χ4n) is 0.785. The quantitative estimate of drug-likeness (QED) is 0.371. The number of aliphatic imine (C=N–C) groups is 1. The Balaban J connectivity index is 3.83. The van der Waals surface area contributed by atoms with E-state index in [0.717, 1.165) is 0 Å². The summed E-state index contributed by atoms with van der Waals surface area (Å²) in [4.78, 5) is 14.9. The first-order valence-electron chi connectivity index (χ1n) is 4.56. The molecule has 0 radical (unpaired) electrons. The molecular weight excluding hydrogens is 170 g/mol. The van der Waals surface area contributed by atoms with Gasteiger partial charge >= 0.3 is 5.97 Å². The molecule has 76 valence electrons. The monoisotopic (exact) mass is 187 g/mol. The van der Waals surface area contributed by atoms with Crippen molar-refractivity contribution in [1.82, 2.24) is 0 Å². The van der Waals surface area contributed by atoms with E-state index in [9.17, 15) is 4.79 Å². The largest absolute Gasteiger partial charge is 0.481 e. The molecule has 0 fully saturated rings. The lowest BCUT2D eigenvalue weighted by molar-refractivity contribution is -0.141. The number of carbonyl (C=O) groups excluding carboxylic acids is 1. The summed E-state index contributed by atoms with van der Waals surface area (Å²) in [5.41, 5.74) is 0. The average Bonchev–Trinajstić information content (AvgIpc) is 2.12.